The molecule has 0 fully saturated rings. The largest absolute Gasteiger partial charge is 0.422 e. The molecule has 0 aliphatic heterocycles. The van der Waals surface area contributed by atoms with Gasteiger partial charge >= 0.3 is 13.6 Å². The molecule has 0 bridgehead atoms. The Morgan fingerprint density at radius 2 is 1.43 bits per heavy atom. The molecule has 7 heteroatoms. The molecule has 2 aromatic rings. The summed E-state index contributed by atoms with van der Waals surface area (Å²) in [5, 5.41) is 0. The first-order valence-corrected chi connectivity index (χ1v) is 8.19. The minimum Gasteiger partial charge on any atom is -0.422 e. The van der Waals surface area contributed by atoms with Gasteiger partial charge in [0.15, 0.2) is 0 Å². The molecule has 0 saturated carbocycles. The number of para-hydroxylation sites is 1. The van der Waals surface area contributed by atoms with Crippen LogP contribution >= 0.6 is 7.60 Å². The first kappa shape index (κ1) is 17.1. The Balaban J connectivity index is 2.33. The van der Waals surface area contributed by atoms with E-state index >= 15 is 0 Å². The number of hydrogen-bond acceptors (Lipinski definition) is 6. The summed E-state index contributed by atoms with van der Waals surface area (Å²) in [6.45, 7) is 0. The number of benzene rings is 2. The Morgan fingerprint density at radius 3 is 2.04 bits per heavy atom. The molecule has 23 heavy (non-hydrogen) atoms. The Bertz CT molecular complexity index is 748. The van der Waals surface area contributed by atoms with Crippen LogP contribution in [0.3, 0.4) is 0 Å². The van der Waals surface area contributed by atoms with Gasteiger partial charge in [0.1, 0.15) is 5.75 Å². The third-order valence-corrected chi connectivity index (χ3v) is 4.76. The second-order valence-electron chi connectivity index (χ2n) is 4.42. The number of ether oxygens (including phenoxy) is 1. The molecule has 0 heterocycles. The van der Waals surface area contributed by atoms with Crippen molar-refractivity contribution < 1.29 is 27.9 Å². The monoisotopic (exact) mass is 334 g/mol. The van der Waals surface area contributed by atoms with Crippen LogP contribution in [0.25, 0.3) is 0 Å². The molecule has 2 aromatic carbocycles. The minimum atomic E-state index is -3.97. The van der Waals surface area contributed by atoms with E-state index in [1.54, 1.807) is 42.5 Å². The molecule has 0 amide bonds. The summed E-state index contributed by atoms with van der Waals surface area (Å²) in [6, 6.07) is 14.3. The number of carbonyl (C=O) groups excluding carboxylic acids is 2. The summed E-state index contributed by atoms with van der Waals surface area (Å²) < 4.78 is 26.9. The topological polar surface area (TPSA) is 78.9 Å². The van der Waals surface area contributed by atoms with Gasteiger partial charge < -0.3 is 13.8 Å². The third kappa shape index (κ3) is 3.74. The SMILES string of the molecule is COP(=O)(OC)C(=O)c1ccccc1OC(=O)c1ccccc1. The highest BCUT2D eigenvalue weighted by Crippen LogP contribution is 2.50. The fourth-order valence-electron chi connectivity index (χ4n) is 1.85. The molecule has 6 nitrogen and oxygen atoms in total. The molecule has 0 radical (unpaired) electrons. The van der Waals surface area contributed by atoms with Gasteiger partial charge in [0.25, 0.3) is 5.52 Å². The molecule has 0 N–H and O–H groups in total. The zero-order chi connectivity index (χ0) is 16.9. The summed E-state index contributed by atoms with van der Waals surface area (Å²) in [6.07, 6.45) is 0. The van der Waals surface area contributed by atoms with E-state index in [1.165, 1.54) is 12.1 Å². The van der Waals surface area contributed by atoms with Gasteiger partial charge in [0, 0.05) is 14.2 Å². The van der Waals surface area contributed by atoms with Gasteiger partial charge in [-0.1, -0.05) is 30.3 Å². The number of esters is 1. The van der Waals surface area contributed by atoms with E-state index in [9.17, 15) is 14.2 Å². The number of carbonyl (C=O) groups is 2. The van der Waals surface area contributed by atoms with E-state index in [4.69, 9.17) is 13.8 Å². The lowest BCUT2D eigenvalue weighted by Crippen LogP contribution is -2.12. The van der Waals surface area contributed by atoms with Crippen molar-refractivity contribution in [1.82, 2.24) is 0 Å². The summed E-state index contributed by atoms with van der Waals surface area (Å²) in [5.74, 6) is -0.642. The molecule has 0 unspecified atom stereocenters. The molecule has 0 saturated heterocycles. The lowest BCUT2D eigenvalue weighted by atomic mass is 10.2. The second-order valence-corrected chi connectivity index (χ2v) is 6.55. The van der Waals surface area contributed by atoms with Crippen LogP contribution in [-0.2, 0) is 13.6 Å². The van der Waals surface area contributed by atoms with Crippen molar-refractivity contribution in [2.24, 2.45) is 0 Å². The maximum Gasteiger partial charge on any atom is 0.401 e. The predicted molar refractivity (Wildman–Crippen MR) is 83.8 cm³/mol. The molecule has 2 rings (SSSR count). The lowest BCUT2D eigenvalue weighted by molar-refractivity contribution is 0.0732. The minimum absolute atomic E-state index is 0.0133. The maximum atomic E-state index is 12.4. The zero-order valence-corrected chi connectivity index (χ0v) is 13.5. The van der Waals surface area contributed by atoms with Crippen LogP contribution in [0.5, 0.6) is 5.75 Å². The van der Waals surface area contributed by atoms with E-state index in [0.29, 0.717) is 5.56 Å². The molecule has 0 atom stereocenters. The highest BCUT2D eigenvalue weighted by atomic mass is 31.2. The predicted octanol–water partition coefficient (Wildman–Crippen LogP) is 3.53. The Morgan fingerprint density at radius 1 is 0.870 bits per heavy atom. The van der Waals surface area contributed by atoms with Crippen LogP contribution < -0.4 is 4.74 Å². The molecular formula is C16H15O6P. The van der Waals surface area contributed by atoms with E-state index in [1.807, 2.05) is 0 Å². The van der Waals surface area contributed by atoms with Crippen LogP contribution in [-0.4, -0.2) is 25.7 Å². The van der Waals surface area contributed by atoms with Crippen molar-refractivity contribution in [2.75, 3.05) is 14.2 Å². The Labute approximate surface area is 133 Å². The van der Waals surface area contributed by atoms with Crippen molar-refractivity contribution in [1.29, 1.82) is 0 Å². The molecule has 0 aliphatic rings. The van der Waals surface area contributed by atoms with Crippen molar-refractivity contribution in [2.45, 2.75) is 0 Å². The molecule has 120 valence electrons. The van der Waals surface area contributed by atoms with Crippen LogP contribution in [0.15, 0.2) is 54.6 Å². The average Bonchev–Trinajstić information content (AvgIpc) is 2.61. The lowest BCUT2D eigenvalue weighted by Gasteiger charge is -2.14. The van der Waals surface area contributed by atoms with Crippen LogP contribution in [0.1, 0.15) is 20.7 Å². The molecule has 0 aromatic heterocycles. The average molecular weight is 334 g/mol. The summed E-state index contributed by atoms with van der Waals surface area (Å²) in [7, 11) is -1.74. The van der Waals surface area contributed by atoms with Crippen LogP contribution in [0, 0.1) is 0 Å². The van der Waals surface area contributed by atoms with Crippen LogP contribution in [0.2, 0.25) is 0 Å². The van der Waals surface area contributed by atoms with Crippen molar-refractivity contribution in [3.63, 3.8) is 0 Å². The standard InChI is InChI=1S/C16H15O6P/c1-20-23(19,21-2)16(18)13-10-6-7-11-14(13)22-15(17)12-8-4-3-5-9-12/h3-11H,1-2H3. The first-order valence-electron chi connectivity index (χ1n) is 6.64. The van der Waals surface area contributed by atoms with Crippen LogP contribution in [0.4, 0.5) is 0 Å². The van der Waals surface area contributed by atoms with Crippen molar-refractivity contribution >= 4 is 19.1 Å². The number of hydrogen-bond donors (Lipinski definition) is 0. The van der Waals surface area contributed by atoms with Crippen molar-refractivity contribution in [3.8, 4) is 5.75 Å². The Kier molecular flexibility index (Phi) is 5.45. The van der Waals surface area contributed by atoms with E-state index < -0.39 is 19.1 Å². The van der Waals surface area contributed by atoms with Gasteiger partial charge in [-0.3, -0.25) is 9.36 Å². The second kappa shape index (κ2) is 7.33. The summed E-state index contributed by atoms with van der Waals surface area (Å²) in [5.41, 5.74) is -0.598. The maximum absolute atomic E-state index is 12.4. The highest BCUT2D eigenvalue weighted by Gasteiger charge is 2.35. The van der Waals surface area contributed by atoms with E-state index in [-0.39, 0.29) is 11.3 Å². The van der Waals surface area contributed by atoms with Gasteiger partial charge in [0.2, 0.25) is 0 Å². The smallest absolute Gasteiger partial charge is 0.401 e. The molecule has 0 aliphatic carbocycles. The highest BCUT2D eigenvalue weighted by molar-refractivity contribution is 7.72. The zero-order valence-electron chi connectivity index (χ0n) is 12.6. The van der Waals surface area contributed by atoms with Gasteiger partial charge in [-0.2, -0.15) is 0 Å². The fraction of sp³-hybridized carbons (Fsp3) is 0.125. The summed E-state index contributed by atoms with van der Waals surface area (Å²) in [4.78, 5) is 24.5. The van der Waals surface area contributed by atoms with Crippen molar-refractivity contribution in [3.05, 3.63) is 65.7 Å². The molecule has 0 spiro atoms. The van der Waals surface area contributed by atoms with Gasteiger partial charge in [-0.05, 0) is 24.3 Å². The third-order valence-electron chi connectivity index (χ3n) is 3.06. The quantitative estimate of drug-likeness (QED) is 0.457. The van der Waals surface area contributed by atoms with E-state index in [2.05, 4.69) is 0 Å². The summed E-state index contributed by atoms with van der Waals surface area (Å²) >= 11 is 0. The van der Waals surface area contributed by atoms with E-state index in [0.717, 1.165) is 14.2 Å². The van der Waals surface area contributed by atoms with Gasteiger partial charge in [-0.25, -0.2) is 4.79 Å². The van der Waals surface area contributed by atoms with Gasteiger partial charge in [0.05, 0.1) is 11.1 Å². The molecular weight excluding hydrogens is 319 g/mol. The number of rotatable bonds is 6. The first-order chi connectivity index (χ1) is 11.0. The van der Waals surface area contributed by atoms with Gasteiger partial charge in [-0.15, -0.1) is 0 Å². The normalized spacial score (nSPS) is 11.0. The Hall–Kier alpha value is -2.27. The fourth-order valence-corrected chi connectivity index (χ4v) is 2.81.